The topological polar surface area (TPSA) is 46.0 Å². The summed E-state index contributed by atoms with van der Waals surface area (Å²) in [4.78, 5) is 11.5. The molecule has 1 N–H and O–H groups in total. The number of aromatic nitrogens is 3. The fraction of sp³-hybridized carbons (Fsp3) is 0.467. The quantitative estimate of drug-likeness (QED) is 0.905. The highest BCUT2D eigenvalue weighted by atomic mass is 15.2. The maximum atomic E-state index is 4.67. The van der Waals surface area contributed by atoms with Gasteiger partial charge in [0.2, 0.25) is 0 Å². The molecule has 0 aliphatic carbocycles. The number of rotatable bonds is 5. The second-order valence-corrected chi connectivity index (χ2v) is 5.19. The van der Waals surface area contributed by atoms with E-state index >= 15 is 0 Å². The lowest BCUT2D eigenvalue weighted by Gasteiger charge is -2.27. The number of anilines is 1. The lowest BCUT2D eigenvalue weighted by Crippen LogP contribution is -2.33. The summed E-state index contributed by atoms with van der Waals surface area (Å²) in [6, 6.07) is 6.20. The van der Waals surface area contributed by atoms with Crippen LogP contribution in [0.15, 0.2) is 30.6 Å². The van der Waals surface area contributed by atoms with E-state index in [-0.39, 0.29) is 0 Å². The van der Waals surface area contributed by atoms with Crippen LogP contribution in [0, 0.1) is 0 Å². The van der Waals surface area contributed by atoms with Crippen LogP contribution >= 0.6 is 0 Å². The summed E-state index contributed by atoms with van der Waals surface area (Å²) in [5, 5.41) is 3.34. The first-order chi connectivity index (χ1) is 9.85. The minimum Gasteiger partial charge on any atom is -0.370 e. The molecule has 0 amide bonds. The molecule has 1 aliphatic rings. The average molecular weight is 271 g/mol. The Kier molecular flexibility index (Phi) is 3.97. The van der Waals surface area contributed by atoms with E-state index in [9.17, 15) is 0 Å². The van der Waals surface area contributed by atoms with Crippen molar-refractivity contribution < 1.29 is 0 Å². The van der Waals surface area contributed by atoms with Crippen molar-refractivity contribution in [2.24, 2.45) is 0 Å². The van der Waals surface area contributed by atoms with Gasteiger partial charge in [-0.25, -0.2) is 9.97 Å². The van der Waals surface area contributed by atoms with Crippen molar-refractivity contribution in [3.63, 3.8) is 0 Å². The molecule has 0 radical (unpaired) electrons. The molecule has 0 atom stereocenters. The molecule has 0 spiro atoms. The second-order valence-electron chi connectivity index (χ2n) is 5.19. The molecule has 1 aliphatic heterocycles. The van der Waals surface area contributed by atoms with Crippen LogP contribution in [0.5, 0.6) is 0 Å². The monoisotopic (exact) mass is 271 g/mol. The van der Waals surface area contributed by atoms with E-state index in [1.165, 1.54) is 0 Å². The number of imidazole rings is 1. The summed E-state index contributed by atoms with van der Waals surface area (Å²) < 4.78 is 2.23. The molecule has 3 rings (SSSR count). The van der Waals surface area contributed by atoms with Gasteiger partial charge in [0, 0.05) is 38.6 Å². The Bertz CT molecular complexity index is 563. The third-order valence-corrected chi connectivity index (χ3v) is 3.57. The zero-order valence-electron chi connectivity index (χ0n) is 11.9. The van der Waals surface area contributed by atoms with Crippen LogP contribution in [0.4, 0.5) is 5.82 Å². The summed E-state index contributed by atoms with van der Waals surface area (Å²) in [5.41, 5.74) is 1.12. The van der Waals surface area contributed by atoms with Crippen LogP contribution in [0.2, 0.25) is 0 Å². The molecule has 2 aromatic heterocycles. The van der Waals surface area contributed by atoms with E-state index in [0.29, 0.717) is 0 Å². The van der Waals surface area contributed by atoms with Gasteiger partial charge in [0.05, 0.1) is 12.2 Å². The van der Waals surface area contributed by atoms with E-state index in [1.54, 1.807) is 0 Å². The average Bonchev–Trinajstić information content (AvgIpc) is 2.93. The predicted octanol–water partition coefficient (Wildman–Crippen LogP) is 2.12. The highest BCUT2D eigenvalue weighted by molar-refractivity contribution is 5.35. The molecular formula is C15H21N5. The maximum Gasteiger partial charge on any atom is 0.126 e. The van der Waals surface area contributed by atoms with Gasteiger partial charge < -0.3 is 9.88 Å². The smallest absolute Gasteiger partial charge is 0.126 e. The van der Waals surface area contributed by atoms with Crippen molar-refractivity contribution >= 4 is 5.82 Å². The molecule has 0 saturated carbocycles. The predicted molar refractivity (Wildman–Crippen MR) is 79.4 cm³/mol. The summed E-state index contributed by atoms with van der Waals surface area (Å²) in [6.45, 7) is 6.99. The molecular weight excluding hydrogens is 250 g/mol. The largest absolute Gasteiger partial charge is 0.370 e. The SMILES string of the molecule is CCCNc1cccc(CN2CCn3ccnc3C2)n1. The molecule has 0 aromatic carbocycles. The zero-order chi connectivity index (χ0) is 13.8. The van der Waals surface area contributed by atoms with Crippen LogP contribution in [0.1, 0.15) is 24.9 Å². The molecule has 3 heterocycles. The Morgan fingerprint density at radius 2 is 2.25 bits per heavy atom. The van der Waals surface area contributed by atoms with Gasteiger partial charge >= 0.3 is 0 Å². The highest BCUT2D eigenvalue weighted by Crippen LogP contribution is 2.14. The molecule has 106 valence electrons. The van der Waals surface area contributed by atoms with Gasteiger partial charge in [0.15, 0.2) is 0 Å². The number of pyridine rings is 1. The molecule has 0 bridgehead atoms. The van der Waals surface area contributed by atoms with Crippen molar-refractivity contribution in [3.05, 3.63) is 42.1 Å². The van der Waals surface area contributed by atoms with E-state index in [4.69, 9.17) is 0 Å². The maximum absolute atomic E-state index is 4.67. The molecule has 0 saturated heterocycles. The van der Waals surface area contributed by atoms with E-state index < -0.39 is 0 Å². The van der Waals surface area contributed by atoms with E-state index in [2.05, 4.69) is 50.0 Å². The van der Waals surface area contributed by atoms with Gasteiger partial charge in [0.25, 0.3) is 0 Å². The van der Waals surface area contributed by atoms with Crippen molar-refractivity contribution in [2.75, 3.05) is 18.4 Å². The standard InChI is InChI=1S/C15H21N5/c1-2-6-16-14-5-3-4-13(18-14)11-19-9-10-20-8-7-17-15(20)12-19/h3-5,7-8H,2,6,9-12H2,1H3,(H,16,18). The van der Waals surface area contributed by atoms with Crippen LogP contribution < -0.4 is 5.32 Å². The first-order valence-corrected chi connectivity index (χ1v) is 7.27. The molecule has 0 unspecified atom stereocenters. The van der Waals surface area contributed by atoms with Gasteiger partial charge in [-0.2, -0.15) is 0 Å². The van der Waals surface area contributed by atoms with Crippen molar-refractivity contribution in [2.45, 2.75) is 33.0 Å². The summed E-state index contributed by atoms with van der Waals surface area (Å²) in [7, 11) is 0. The third kappa shape index (κ3) is 2.99. The van der Waals surface area contributed by atoms with Crippen molar-refractivity contribution in [3.8, 4) is 0 Å². The number of nitrogens with zero attached hydrogens (tertiary/aromatic N) is 4. The first kappa shape index (κ1) is 13.1. The minimum absolute atomic E-state index is 0.883. The lowest BCUT2D eigenvalue weighted by atomic mass is 10.3. The third-order valence-electron chi connectivity index (χ3n) is 3.57. The van der Waals surface area contributed by atoms with Gasteiger partial charge in [-0.05, 0) is 18.6 Å². The number of hydrogen-bond donors (Lipinski definition) is 1. The van der Waals surface area contributed by atoms with Crippen LogP contribution in [-0.2, 0) is 19.6 Å². The van der Waals surface area contributed by atoms with Gasteiger partial charge in [-0.1, -0.05) is 13.0 Å². The fourth-order valence-corrected chi connectivity index (χ4v) is 2.51. The summed E-state index contributed by atoms with van der Waals surface area (Å²) >= 11 is 0. The van der Waals surface area contributed by atoms with Crippen LogP contribution in [-0.4, -0.2) is 32.5 Å². The van der Waals surface area contributed by atoms with Gasteiger partial charge in [-0.15, -0.1) is 0 Å². The van der Waals surface area contributed by atoms with Gasteiger partial charge in [-0.3, -0.25) is 4.90 Å². The highest BCUT2D eigenvalue weighted by Gasteiger charge is 2.16. The fourth-order valence-electron chi connectivity index (χ4n) is 2.51. The Morgan fingerprint density at radius 1 is 1.30 bits per heavy atom. The van der Waals surface area contributed by atoms with Crippen LogP contribution in [0.25, 0.3) is 0 Å². The molecule has 5 nitrogen and oxygen atoms in total. The second kappa shape index (κ2) is 6.05. The minimum atomic E-state index is 0.883. The van der Waals surface area contributed by atoms with E-state index in [1.807, 2.05) is 12.3 Å². The normalized spacial score (nSPS) is 15.1. The first-order valence-electron chi connectivity index (χ1n) is 7.27. The number of nitrogens with one attached hydrogen (secondary N) is 1. The van der Waals surface area contributed by atoms with Gasteiger partial charge in [0.1, 0.15) is 11.6 Å². The Morgan fingerprint density at radius 3 is 3.15 bits per heavy atom. The Balaban J connectivity index is 1.63. The van der Waals surface area contributed by atoms with E-state index in [0.717, 1.165) is 56.5 Å². The molecule has 2 aromatic rings. The lowest BCUT2D eigenvalue weighted by molar-refractivity contribution is 0.206. The Hall–Kier alpha value is -1.88. The summed E-state index contributed by atoms with van der Waals surface area (Å²) in [6.07, 6.45) is 5.05. The molecule has 0 fully saturated rings. The van der Waals surface area contributed by atoms with Crippen molar-refractivity contribution in [1.82, 2.24) is 19.4 Å². The zero-order valence-corrected chi connectivity index (χ0v) is 11.9. The molecule has 5 heteroatoms. The Labute approximate surface area is 119 Å². The molecule has 20 heavy (non-hydrogen) atoms. The number of hydrogen-bond acceptors (Lipinski definition) is 4. The van der Waals surface area contributed by atoms with Crippen molar-refractivity contribution in [1.29, 1.82) is 0 Å². The number of fused-ring (bicyclic) bond motifs is 1. The van der Waals surface area contributed by atoms with Crippen LogP contribution in [0.3, 0.4) is 0 Å². The summed E-state index contributed by atoms with van der Waals surface area (Å²) in [5.74, 6) is 2.12.